The van der Waals surface area contributed by atoms with Gasteiger partial charge in [-0.05, 0) is 98.8 Å². The van der Waals surface area contributed by atoms with E-state index in [-0.39, 0.29) is 24.7 Å². The maximum atomic E-state index is 9.65. The molecule has 2 unspecified atom stereocenters. The van der Waals surface area contributed by atoms with E-state index in [1.54, 1.807) is 0 Å². The van der Waals surface area contributed by atoms with Crippen LogP contribution >= 0.6 is 0 Å². The van der Waals surface area contributed by atoms with E-state index in [4.69, 9.17) is 10.5 Å². The molecule has 4 rings (SSSR count). The average Bonchev–Trinajstić information content (AvgIpc) is 2.71. The molecule has 0 aromatic heterocycles. The second kappa shape index (κ2) is 9.25. The molecular weight excluding hydrogens is 400 g/mol. The Bertz CT molecular complexity index is 786. The quantitative estimate of drug-likeness (QED) is 0.599. The van der Waals surface area contributed by atoms with E-state index < -0.39 is 5.54 Å². The van der Waals surface area contributed by atoms with Crippen LogP contribution in [-0.2, 0) is 18.4 Å². The highest BCUT2D eigenvalue weighted by atomic mass is 16.5. The molecule has 180 valence electrons. The molecule has 2 atom stereocenters. The van der Waals surface area contributed by atoms with Crippen molar-refractivity contribution in [3.05, 3.63) is 28.8 Å². The lowest BCUT2D eigenvalue weighted by molar-refractivity contribution is 0.0781. The normalized spacial score (nSPS) is 30.9. The number of aliphatic hydroxyl groups is 2. The number of fused-ring (bicyclic) bond motifs is 3. The van der Waals surface area contributed by atoms with Gasteiger partial charge in [-0.2, -0.15) is 0 Å². The van der Waals surface area contributed by atoms with Gasteiger partial charge in [-0.3, -0.25) is 4.90 Å². The third kappa shape index (κ3) is 5.01. The minimum atomic E-state index is -0.954. The van der Waals surface area contributed by atoms with E-state index in [1.807, 2.05) is 0 Å². The van der Waals surface area contributed by atoms with Crippen LogP contribution in [0.3, 0.4) is 0 Å². The monoisotopic (exact) mass is 444 g/mol. The van der Waals surface area contributed by atoms with Crippen molar-refractivity contribution in [1.82, 2.24) is 4.90 Å². The number of nitrogens with two attached hydrogens (primary N) is 1. The molecule has 2 saturated carbocycles. The maximum absolute atomic E-state index is 9.65. The van der Waals surface area contributed by atoms with E-state index in [0.29, 0.717) is 6.54 Å². The van der Waals surface area contributed by atoms with Gasteiger partial charge in [-0.25, -0.2) is 0 Å². The van der Waals surface area contributed by atoms with Gasteiger partial charge < -0.3 is 20.7 Å². The summed E-state index contributed by atoms with van der Waals surface area (Å²) in [6.45, 7) is 10.9. The molecule has 5 nitrogen and oxygen atoms in total. The molecule has 1 aromatic rings. The fourth-order valence-corrected chi connectivity index (χ4v) is 7.01. The molecule has 0 amide bonds. The van der Waals surface area contributed by atoms with Crippen LogP contribution in [0, 0.1) is 17.8 Å². The van der Waals surface area contributed by atoms with Crippen LogP contribution in [-0.4, -0.2) is 53.1 Å². The van der Waals surface area contributed by atoms with Gasteiger partial charge in [0.1, 0.15) is 5.75 Å². The third-order valence-electron chi connectivity index (χ3n) is 8.19. The highest BCUT2D eigenvalue weighted by molar-refractivity contribution is 5.48. The largest absolute Gasteiger partial charge is 0.491 e. The number of hydrogen-bond donors (Lipinski definition) is 3. The lowest BCUT2D eigenvalue weighted by Crippen LogP contribution is -2.56. The first-order valence-corrected chi connectivity index (χ1v) is 12.7. The molecule has 0 spiro atoms. The molecule has 5 heteroatoms. The van der Waals surface area contributed by atoms with E-state index in [0.717, 1.165) is 43.0 Å². The van der Waals surface area contributed by atoms with Crippen LogP contribution in [0.2, 0.25) is 0 Å². The fraction of sp³-hybridized carbons (Fsp3) is 0.778. The number of aliphatic hydroxyl groups excluding tert-OH is 2. The minimum Gasteiger partial charge on any atom is -0.491 e. The first kappa shape index (κ1) is 24.0. The molecular formula is C27H44N2O3. The number of nitrogens with zero attached hydrogens (tertiary/aromatic N) is 1. The molecule has 4 N–H and O–H groups in total. The van der Waals surface area contributed by atoms with E-state index in [9.17, 15) is 10.2 Å². The van der Waals surface area contributed by atoms with Gasteiger partial charge in [0.05, 0.1) is 24.9 Å². The summed E-state index contributed by atoms with van der Waals surface area (Å²) in [4.78, 5) is 2.28. The lowest BCUT2D eigenvalue weighted by atomic mass is 9.57. The summed E-state index contributed by atoms with van der Waals surface area (Å²) < 4.78 is 6.42. The van der Waals surface area contributed by atoms with Crippen molar-refractivity contribution < 1.29 is 14.9 Å². The Morgan fingerprint density at radius 1 is 1.12 bits per heavy atom. The van der Waals surface area contributed by atoms with Gasteiger partial charge in [0, 0.05) is 25.2 Å². The van der Waals surface area contributed by atoms with Crippen LogP contribution in [0.1, 0.15) is 76.5 Å². The summed E-state index contributed by atoms with van der Waals surface area (Å²) >= 11 is 0. The van der Waals surface area contributed by atoms with Gasteiger partial charge in [0.15, 0.2) is 0 Å². The standard InChI is InChI=1S/C27H44N2O3/c1-18(2)32-25-11-22-5-6-29(15-27(28,16-30)17-31)14-23(22)10-24(25)26(4)12-20-7-19(3)8-21(9-20)13-26/h10-11,18-21,30-31H,5-9,12-17,28H2,1-4H3. The summed E-state index contributed by atoms with van der Waals surface area (Å²) in [5.41, 5.74) is 9.50. The zero-order valence-corrected chi connectivity index (χ0v) is 20.6. The predicted octanol–water partition coefficient (Wildman–Crippen LogP) is 3.62. The van der Waals surface area contributed by atoms with Crippen LogP contribution in [0.15, 0.2) is 12.1 Å². The van der Waals surface area contributed by atoms with E-state index >= 15 is 0 Å². The average molecular weight is 445 g/mol. The molecule has 2 fully saturated rings. The van der Waals surface area contributed by atoms with Crippen molar-refractivity contribution in [3.63, 3.8) is 0 Å². The second-order valence-electron chi connectivity index (χ2n) is 11.9. The van der Waals surface area contributed by atoms with Crippen molar-refractivity contribution in [3.8, 4) is 5.75 Å². The molecule has 1 heterocycles. The molecule has 2 aliphatic carbocycles. The summed E-state index contributed by atoms with van der Waals surface area (Å²) in [5, 5.41) is 19.3. The Morgan fingerprint density at radius 3 is 2.38 bits per heavy atom. The molecule has 1 aromatic carbocycles. The zero-order valence-electron chi connectivity index (χ0n) is 20.6. The SMILES string of the molecule is CC1CC2CC(C1)CC(C)(c1cc3c(cc1OC(C)C)CCN(CC(N)(CO)CO)C3)C2. The Balaban J connectivity index is 1.64. The number of ether oxygens (including phenoxy) is 1. The van der Waals surface area contributed by atoms with Gasteiger partial charge in [0.2, 0.25) is 0 Å². The van der Waals surface area contributed by atoms with Crippen molar-refractivity contribution in [2.24, 2.45) is 23.5 Å². The van der Waals surface area contributed by atoms with Crippen LogP contribution in [0.5, 0.6) is 5.75 Å². The Morgan fingerprint density at radius 2 is 1.78 bits per heavy atom. The number of hydrogen-bond acceptors (Lipinski definition) is 5. The minimum absolute atomic E-state index is 0.156. The Labute approximate surface area is 194 Å². The lowest BCUT2D eigenvalue weighted by Gasteiger charge is -2.48. The highest BCUT2D eigenvalue weighted by Gasteiger charge is 2.43. The summed E-state index contributed by atoms with van der Waals surface area (Å²) in [5.74, 6) is 3.60. The summed E-state index contributed by atoms with van der Waals surface area (Å²) in [6.07, 6.45) is 7.75. The second-order valence-corrected chi connectivity index (χ2v) is 11.9. The molecule has 0 radical (unpaired) electrons. The maximum Gasteiger partial charge on any atom is 0.123 e. The van der Waals surface area contributed by atoms with Gasteiger partial charge in [-0.1, -0.05) is 13.8 Å². The van der Waals surface area contributed by atoms with Gasteiger partial charge >= 0.3 is 0 Å². The number of benzene rings is 1. The van der Waals surface area contributed by atoms with Crippen molar-refractivity contribution in [1.29, 1.82) is 0 Å². The zero-order chi connectivity index (χ0) is 23.1. The molecule has 0 saturated heterocycles. The van der Waals surface area contributed by atoms with E-state index in [1.165, 1.54) is 48.8 Å². The van der Waals surface area contributed by atoms with Crippen molar-refractivity contribution in [2.45, 2.75) is 89.8 Å². The topological polar surface area (TPSA) is 79.0 Å². The first-order chi connectivity index (χ1) is 15.1. The first-order valence-electron chi connectivity index (χ1n) is 12.7. The van der Waals surface area contributed by atoms with Crippen molar-refractivity contribution >= 4 is 0 Å². The van der Waals surface area contributed by atoms with Crippen LogP contribution in [0.4, 0.5) is 0 Å². The van der Waals surface area contributed by atoms with Gasteiger partial charge in [0.25, 0.3) is 0 Å². The Kier molecular flexibility index (Phi) is 6.94. The van der Waals surface area contributed by atoms with Gasteiger partial charge in [-0.15, -0.1) is 0 Å². The molecule has 3 aliphatic rings. The molecule has 32 heavy (non-hydrogen) atoms. The summed E-state index contributed by atoms with van der Waals surface area (Å²) in [6, 6.07) is 4.74. The Hall–Kier alpha value is -1.14. The molecule has 2 bridgehead atoms. The number of rotatable bonds is 7. The smallest absolute Gasteiger partial charge is 0.123 e. The summed E-state index contributed by atoms with van der Waals surface area (Å²) in [7, 11) is 0. The van der Waals surface area contributed by atoms with Crippen LogP contribution < -0.4 is 10.5 Å². The molecule has 1 aliphatic heterocycles. The van der Waals surface area contributed by atoms with E-state index in [2.05, 4.69) is 44.7 Å². The third-order valence-corrected chi connectivity index (χ3v) is 8.19. The van der Waals surface area contributed by atoms with Crippen LogP contribution in [0.25, 0.3) is 0 Å². The fourth-order valence-electron chi connectivity index (χ4n) is 7.01. The highest BCUT2D eigenvalue weighted by Crippen LogP contribution is 2.53. The predicted molar refractivity (Wildman–Crippen MR) is 129 cm³/mol. The van der Waals surface area contributed by atoms with Crippen molar-refractivity contribution in [2.75, 3.05) is 26.3 Å².